The van der Waals surface area contributed by atoms with Crippen LogP contribution >= 0.6 is 11.3 Å². The first-order valence-corrected chi connectivity index (χ1v) is 14.6. The second kappa shape index (κ2) is 12.4. The molecule has 2 fully saturated rings. The fourth-order valence-corrected chi connectivity index (χ4v) is 5.11. The highest BCUT2D eigenvalue weighted by Gasteiger charge is 2.58. The van der Waals surface area contributed by atoms with Gasteiger partial charge in [-0.05, 0) is 51.1 Å². The number of amidine groups is 1. The van der Waals surface area contributed by atoms with Gasteiger partial charge in [-0.25, -0.2) is 4.98 Å². The minimum absolute atomic E-state index is 0.0476. The summed E-state index contributed by atoms with van der Waals surface area (Å²) in [7, 11) is -4.94. The average Bonchev–Trinajstić information content (AvgIpc) is 3.59. The Morgan fingerprint density at radius 3 is 2.63 bits per heavy atom. The van der Waals surface area contributed by atoms with E-state index in [1.165, 1.54) is 19.2 Å². The van der Waals surface area contributed by atoms with Crippen molar-refractivity contribution < 1.29 is 36.4 Å². The fraction of sp³-hybridized carbons (Fsp3) is 0.435. The number of carbonyl (C=O) groups excluding carboxylic acids is 2. The molecule has 0 unspecified atom stereocenters. The molecule has 222 valence electrons. The van der Waals surface area contributed by atoms with Crippen molar-refractivity contribution in [1.82, 2.24) is 26.0 Å². The molecule has 3 heterocycles. The summed E-state index contributed by atoms with van der Waals surface area (Å²) in [5.74, 6) is -0.861. The number of anilines is 1. The zero-order chi connectivity index (χ0) is 29.8. The van der Waals surface area contributed by atoms with E-state index in [-0.39, 0.29) is 35.8 Å². The first-order chi connectivity index (χ1) is 19.3. The summed E-state index contributed by atoms with van der Waals surface area (Å²) in [5, 5.41) is 23.1. The van der Waals surface area contributed by atoms with E-state index in [0.29, 0.717) is 16.6 Å². The molecule has 0 saturated carbocycles. The van der Waals surface area contributed by atoms with E-state index in [9.17, 15) is 18.0 Å². The molecule has 16 nitrogen and oxygen atoms in total. The summed E-state index contributed by atoms with van der Waals surface area (Å²) in [5.41, 5.74) is 4.92. The number of ether oxygens (including phenoxy) is 1. The smallest absolute Gasteiger partial charge is 0.418 e. The van der Waals surface area contributed by atoms with Gasteiger partial charge in [0.15, 0.2) is 17.5 Å². The van der Waals surface area contributed by atoms with Gasteiger partial charge in [0, 0.05) is 23.5 Å². The van der Waals surface area contributed by atoms with Crippen molar-refractivity contribution in [3.05, 3.63) is 40.9 Å². The third-order valence-electron chi connectivity index (χ3n) is 6.25. The van der Waals surface area contributed by atoms with Gasteiger partial charge in [0.1, 0.15) is 29.9 Å². The molecule has 1 aromatic carbocycles. The first kappa shape index (κ1) is 30.1. The van der Waals surface area contributed by atoms with E-state index in [4.69, 9.17) is 25.3 Å². The van der Waals surface area contributed by atoms with Gasteiger partial charge in [0.05, 0.1) is 5.54 Å². The maximum absolute atomic E-state index is 13.0. The standard InChI is InChI=1S/C23H30N8O8S2/c1-23(2)18(21(33)31(23)39-41(34,35)36)29-20(32)17(16-12-40-22(25)28-16)30-38-10-9-37-15-5-3-13(4-6-15)19(24)27-14-7-8-26-11-14/h3-6,12,14,18,26H,7-11H2,1-2H3,(H2,24,27)(H2,25,28)(H,29,32)(H,34,35,36)/t14-,18+/m0/s1. The van der Waals surface area contributed by atoms with Crippen molar-refractivity contribution in [3.63, 3.8) is 0 Å². The fourth-order valence-electron chi connectivity index (χ4n) is 4.11. The van der Waals surface area contributed by atoms with E-state index in [2.05, 4.69) is 30.4 Å². The third-order valence-corrected chi connectivity index (χ3v) is 7.26. The number of nitrogens with two attached hydrogens (primary N) is 1. The molecule has 2 aliphatic rings. The molecule has 2 saturated heterocycles. The summed E-state index contributed by atoms with van der Waals surface area (Å²) < 4.78 is 40.9. The van der Waals surface area contributed by atoms with Gasteiger partial charge in [0.25, 0.3) is 11.8 Å². The molecule has 1 aromatic heterocycles. The van der Waals surface area contributed by atoms with Crippen molar-refractivity contribution in [1.29, 1.82) is 5.41 Å². The van der Waals surface area contributed by atoms with Gasteiger partial charge >= 0.3 is 10.4 Å². The topological polar surface area (TPSA) is 231 Å². The predicted molar refractivity (Wildman–Crippen MR) is 148 cm³/mol. The Morgan fingerprint density at radius 2 is 2.05 bits per heavy atom. The number of benzene rings is 1. The monoisotopic (exact) mass is 610 g/mol. The summed E-state index contributed by atoms with van der Waals surface area (Å²) in [6.45, 7) is 4.64. The lowest BCUT2D eigenvalue weighted by atomic mass is 9.84. The SMILES string of the molecule is CC1(C)[C@H](NC(=O)C(=NOCCOc2ccc(C(=N)N[C@H]3CCNC3)cc2)c2csc(N)n2)C(=O)N1OS(=O)(=O)O. The van der Waals surface area contributed by atoms with Crippen molar-refractivity contribution >= 4 is 50.2 Å². The minimum Gasteiger partial charge on any atom is -0.490 e. The molecule has 2 amide bonds. The normalized spacial score (nSPS) is 20.3. The van der Waals surface area contributed by atoms with Crippen molar-refractivity contribution in [2.24, 2.45) is 5.16 Å². The van der Waals surface area contributed by atoms with Crippen LogP contribution < -0.4 is 26.4 Å². The number of thiazole rings is 1. The van der Waals surface area contributed by atoms with Crippen molar-refractivity contribution in [3.8, 4) is 5.75 Å². The number of nitrogens with one attached hydrogen (secondary N) is 4. The number of rotatable bonds is 12. The highest BCUT2D eigenvalue weighted by atomic mass is 32.3. The van der Waals surface area contributed by atoms with E-state index >= 15 is 0 Å². The molecule has 0 radical (unpaired) electrons. The number of hydrogen-bond donors (Lipinski definition) is 6. The van der Waals surface area contributed by atoms with Crippen molar-refractivity contribution in [2.75, 3.05) is 32.0 Å². The summed E-state index contributed by atoms with van der Waals surface area (Å²) in [4.78, 5) is 34.7. The number of β-lactam (4-membered cyclic amide) rings is 1. The number of oxime groups is 1. The van der Waals surface area contributed by atoms with E-state index < -0.39 is 33.8 Å². The number of hydroxylamine groups is 2. The van der Waals surface area contributed by atoms with Gasteiger partial charge in [-0.15, -0.1) is 15.6 Å². The van der Waals surface area contributed by atoms with Gasteiger partial charge in [-0.3, -0.25) is 19.6 Å². The number of nitrogens with zero attached hydrogens (tertiary/aromatic N) is 3. The zero-order valence-electron chi connectivity index (χ0n) is 22.1. The molecular formula is C23H30N8O8S2. The van der Waals surface area contributed by atoms with Gasteiger partial charge < -0.3 is 31.3 Å². The lowest BCUT2D eigenvalue weighted by Crippen LogP contribution is -2.76. The van der Waals surface area contributed by atoms with Crippen LogP contribution in [-0.4, -0.2) is 90.3 Å². The quantitative estimate of drug-likeness (QED) is 0.0452. The second-order valence-corrected chi connectivity index (χ2v) is 11.5. The summed E-state index contributed by atoms with van der Waals surface area (Å²) >= 11 is 1.06. The van der Waals surface area contributed by atoms with Gasteiger partial charge in [0.2, 0.25) is 0 Å². The highest BCUT2D eigenvalue weighted by Crippen LogP contribution is 2.33. The molecule has 0 bridgehead atoms. The lowest BCUT2D eigenvalue weighted by Gasteiger charge is -2.50. The molecular weight excluding hydrogens is 580 g/mol. The molecule has 0 aliphatic carbocycles. The average molecular weight is 611 g/mol. The summed E-state index contributed by atoms with van der Waals surface area (Å²) in [6, 6.07) is 6.03. The first-order valence-electron chi connectivity index (χ1n) is 12.4. The molecule has 2 aliphatic heterocycles. The number of aromatic nitrogens is 1. The van der Waals surface area contributed by atoms with Crippen LogP contribution in [-0.2, 0) is 29.1 Å². The molecule has 41 heavy (non-hydrogen) atoms. The molecule has 18 heteroatoms. The Balaban J connectivity index is 1.31. The Labute approximate surface area is 239 Å². The van der Waals surface area contributed by atoms with Crippen LogP contribution in [0.4, 0.5) is 5.13 Å². The second-order valence-electron chi connectivity index (χ2n) is 9.62. The van der Waals surface area contributed by atoms with Crippen LogP contribution in [0.1, 0.15) is 31.5 Å². The van der Waals surface area contributed by atoms with E-state index in [1.54, 1.807) is 24.3 Å². The number of amides is 2. The number of carbonyl (C=O) groups is 2. The number of nitrogen functional groups attached to an aromatic ring is 1. The van der Waals surface area contributed by atoms with Crippen LogP contribution in [0.15, 0.2) is 34.8 Å². The molecule has 7 N–H and O–H groups in total. The Hall–Kier alpha value is -3.84. The maximum atomic E-state index is 13.0. The summed E-state index contributed by atoms with van der Waals surface area (Å²) in [6.07, 6.45) is 0.965. The van der Waals surface area contributed by atoms with Crippen LogP contribution in [0.5, 0.6) is 5.75 Å². The highest BCUT2D eigenvalue weighted by molar-refractivity contribution is 7.80. The molecule has 2 aromatic rings. The van der Waals surface area contributed by atoms with Crippen LogP contribution in [0.25, 0.3) is 0 Å². The Morgan fingerprint density at radius 1 is 1.32 bits per heavy atom. The Bertz CT molecular complexity index is 1420. The van der Waals surface area contributed by atoms with Crippen molar-refractivity contribution in [2.45, 2.75) is 37.9 Å². The molecule has 4 rings (SSSR count). The van der Waals surface area contributed by atoms with E-state index in [0.717, 1.165) is 36.4 Å². The van der Waals surface area contributed by atoms with Crippen LogP contribution in [0.3, 0.4) is 0 Å². The molecule has 2 atom stereocenters. The number of hydrogen-bond acceptors (Lipinski definition) is 13. The Kier molecular flexibility index (Phi) is 9.08. The van der Waals surface area contributed by atoms with E-state index in [1.807, 2.05) is 0 Å². The van der Waals surface area contributed by atoms with Gasteiger partial charge in [-0.1, -0.05) is 5.16 Å². The largest absolute Gasteiger partial charge is 0.490 e. The third kappa shape index (κ3) is 7.47. The minimum atomic E-state index is -4.94. The van der Waals surface area contributed by atoms with Gasteiger partial charge in [-0.2, -0.15) is 13.5 Å². The van der Waals surface area contributed by atoms with Crippen LogP contribution in [0, 0.1) is 5.41 Å². The molecule has 0 spiro atoms. The lowest BCUT2D eigenvalue weighted by molar-refractivity contribution is -0.218. The zero-order valence-corrected chi connectivity index (χ0v) is 23.8. The van der Waals surface area contributed by atoms with Crippen LogP contribution in [0.2, 0.25) is 0 Å². The maximum Gasteiger partial charge on any atom is 0.418 e. The predicted octanol–water partition coefficient (Wildman–Crippen LogP) is -0.358.